The molecular formula is C11H10Br2O4. The number of hydrogen-bond donors (Lipinski definition) is 0. The molecule has 6 heteroatoms. The van der Waals surface area contributed by atoms with Crippen LogP contribution in [0, 0.1) is 0 Å². The van der Waals surface area contributed by atoms with Gasteiger partial charge < -0.3 is 9.47 Å². The number of methoxy groups -OCH3 is 1. The number of aldehydes is 1. The molecule has 0 aliphatic rings. The topological polar surface area (TPSA) is 52.6 Å². The smallest absolute Gasteiger partial charge is 0.308 e. The molecule has 4 nitrogen and oxygen atoms in total. The number of hydrogen-bond acceptors (Lipinski definition) is 4. The minimum Gasteiger partial charge on any atom is -0.491 e. The summed E-state index contributed by atoms with van der Waals surface area (Å²) in [4.78, 5) is 21.5. The van der Waals surface area contributed by atoms with Crippen LogP contribution in [0.3, 0.4) is 0 Å². The molecule has 0 unspecified atom stereocenters. The molecule has 0 radical (unpaired) electrons. The Kier molecular flexibility index (Phi) is 5.64. The molecule has 0 amide bonds. The van der Waals surface area contributed by atoms with Crippen LogP contribution in [0.5, 0.6) is 5.75 Å². The van der Waals surface area contributed by atoms with Crippen molar-refractivity contribution in [1.82, 2.24) is 0 Å². The minimum absolute atomic E-state index is 0.171. The van der Waals surface area contributed by atoms with Crippen molar-refractivity contribution in [2.75, 3.05) is 13.7 Å². The van der Waals surface area contributed by atoms with Crippen molar-refractivity contribution in [2.45, 2.75) is 6.42 Å². The zero-order chi connectivity index (χ0) is 12.8. The van der Waals surface area contributed by atoms with E-state index in [0.717, 1.165) is 6.29 Å². The highest BCUT2D eigenvalue weighted by molar-refractivity contribution is 9.11. The van der Waals surface area contributed by atoms with E-state index in [-0.39, 0.29) is 19.0 Å². The van der Waals surface area contributed by atoms with Crippen molar-refractivity contribution in [1.29, 1.82) is 0 Å². The predicted molar refractivity (Wildman–Crippen MR) is 69.4 cm³/mol. The van der Waals surface area contributed by atoms with Gasteiger partial charge in [0.15, 0.2) is 0 Å². The monoisotopic (exact) mass is 364 g/mol. The Morgan fingerprint density at radius 3 is 2.41 bits per heavy atom. The SMILES string of the molecule is COC(=O)CCOc1c(Br)cc(C=O)cc1Br. The van der Waals surface area contributed by atoms with E-state index in [4.69, 9.17) is 4.74 Å². The van der Waals surface area contributed by atoms with Crippen molar-refractivity contribution in [3.63, 3.8) is 0 Å². The van der Waals surface area contributed by atoms with Crippen LogP contribution in [0.2, 0.25) is 0 Å². The van der Waals surface area contributed by atoms with Gasteiger partial charge in [0.05, 0.1) is 29.1 Å². The Hall–Kier alpha value is -0.880. The number of halogens is 2. The van der Waals surface area contributed by atoms with E-state index < -0.39 is 0 Å². The van der Waals surface area contributed by atoms with Gasteiger partial charge in [-0.15, -0.1) is 0 Å². The third-order valence-corrected chi connectivity index (χ3v) is 3.12. The van der Waals surface area contributed by atoms with Gasteiger partial charge in [0.2, 0.25) is 0 Å². The fraction of sp³-hybridized carbons (Fsp3) is 0.273. The zero-order valence-corrected chi connectivity index (χ0v) is 12.2. The molecular weight excluding hydrogens is 356 g/mol. The lowest BCUT2D eigenvalue weighted by molar-refractivity contribution is -0.141. The Bertz CT molecular complexity index is 408. The molecule has 0 aliphatic heterocycles. The zero-order valence-electron chi connectivity index (χ0n) is 9.04. The number of carbonyl (C=O) groups excluding carboxylic acids is 2. The summed E-state index contributed by atoms with van der Waals surface area (Å²) in [5.41, 5.74) is 0.532. The molecule has 1 aromatic carbocycles. The van der Waals surface area contributed by atoms with Gasteiger partial charge >= 0.3 is 5.97 Å². The normalized spacial score (nSPS) is 9.82. The molecule has 0 spiro atoms. The van der Waals surface area contributed by atoms with Crippen LogP contribution in [0.25, 0.3) is 0 Å². The second kappa shape index (κ2) is 6.76. The number of rotatable bonds is 5. The summed E-state index contributed by atoms with van der Waals surface area (Å²) in [6.45, 7) is 0.213. The lowest BCUT2D eigenvalue weighted by Crippen LogP contribution is -2.08. The average Bonchev–Trinajstić information content (AvgIpc) is 2.31. The molecule has 0 aromatic heterocycles. The Morgan fingerprint density at radius 2 is 1.94 bits per heavy atom. The van der Waals surface area contributed by atoms with Crippen molar-refractivity contribution < 1.29 is 19.1 Å². The fourth-order valence-corrected chi connectivity index (χ4v) is 2.57. The van der Waals surface area contributed by atoms with Gasteiger partial charge in [-0.3, -0.25) is 9.59 Å². The maximum atomic E-state index is 10.9. The van der Waals surface area contributed by atoms with Crippen LogP contribution in [-0.4, -0.2) is 26.0 Å². The molecule has 1 rings (SSSR count). The number of benzene rings is 1. The van der Waals surface area contributed by atoms with Gasteiger partial charge in [-0.25, -0.2) is 0 Å². The Morgan fingerprint density at radius 1 is 1.35 bits per heavy atom. The van der Waals surface area contributed by atoms with Gasteiger partial charge in [-0.05, 0) is 44.0 Å². The van der Waals surface area contributed by atoms with Gasteiger partial charge in [0, 0.05) is 5.56 Å². The van der Waals surface area contributed by atoms with Gasteiger partial charge in [0.1, 0.15) is 12.0 Å². The first kappa shape index (κ1) is 14.2. The predicted octanol–water partition coefficient (Wildman–Crippen LogP) is 2.97. The van der Waals surface area contributed by atoms with Crippen LogP contribution in [0.4, 0.5) is 0 Å². The lowest BCUT2D eigenvalue weighted by atomic mass is 10.2. The molecule has 1 aromatic rings. The maximum absolute atomic E-state index is 10.9. The lowest BCUT2D eigenvalue weighted by Gasteiger charge is -2.10. The van der Waals surface area contributed by atoms with E-state index >= 15 is 0 Å². The number of carbonyl (C=O) groups is 2. The quantitative estimate of drug-likeness (QED) is 0.594. The van der Waals surface area contributed by atoms with E-state index in [1.807, 2.05) is 0 Å². The van der Waals surface area contributed by atoms with Crippen molar-refractivity contribution in [2.24, 2.45) is 0 Å². The van der Waals surface area contributed by atoms with E-state index in [0.29, 0.717) is 20.3 Å². The molecule has 0 fully saturated rings. The van der Waals surface area contributed by atoms with Crippen LogP contribution >= 0.6 is 31.9 Å². The first-order chi connectivity index (χ1) is 8.08. The van der Waals surface area contributed by atoms with Crippen LogP contribution in [-0.2, 0) is 9.53 Å². The van der Waals surface area contributed by atoms with E-state index in [9.17, 15) is 9.59 Å². The van der Waals surface area contributed by atoms with Crippen molar-refractivity contribution >= 4 is 44.1 Å². The molecule has 17 heavy (non-hydrogen) atoms. The van der Waals surface area contributed by atoms with Gasteiger partial charge in [-0.1, -0.05) is 0 Å². The molecule has 0 aliphatic carbocycles. The number of ether oxygens (including phenoxy) is 2. The second-order valence-corrected chi connectivity index (χ2v) is 4.81. The van der Waals surface area contributed by atoms with Gasteiger partial charge in [0.25, 0.3) is 0 Å². The van der Waals surface area contributed by atoms with E-state index in [2.05, 4.69) is 36.6 Å². The van der Waals surface area contributed by atoms with Crippen molar-refractivity contribution in [3.8, 4) is 5.75 Å². The van der Waals surface area contributed by atoms with Crippen molar-refractivity contribution in [3.05, 3.63) is 26.6 Å². The first-order valence-corrected chi connectivity index (χ1v) is 6.31. The molecule has 0 N–H and O–H groups in total. The highest BCUT2D eigenvalue weighted by Crippen LogP contribution is 2.34. The summed E-state index contributed by atoms with van der Waals surface area (Å²) in [5.74, 6) is 0.223. The fourth-order valence-electron chi connectivity index (χ4n) is 1.12. The maximum Gasteiger partial charge on any atom is 0.308 e. The summed E-state index contributed by atoms with van der Waals surface area (Å²) >= 11 is 6.59. The summed E-state index contributed by atoms with van der Waals surface area (Å²) in [5, 5.41) is 0. The largest absolute Gasteiger partial charge is 0.491 e. The molecule has 0 atom stereocenters. The third-order valence-electron chi connectivity index (χ3n) is 1.94. The molecule has 0 saturated carbocycles. The Labute approximate surface area is 116 Å². The Balaban J connectivity index is 2.71. The standard InChI is InChI=1S/C11H10Br2O4/c1-16-10(15)2-3-17-11-8(12)4-7(6-14)5-9(11)13/h4-6H,2-3H2,1H3. The highest BCUT2D eigenvalue weighted by atomic mass is 79.9. The first-order valence-electron chi connectivity index (χ1n) is 4.72. The van der Waals surface area contributed by atoms with Crippen LogP contribution < -0.4 is 4.74 Å². The second-order valence-electron chi connectivity index (χ2n) is 3.11. The minimum atomic E-state index is -0.332. The average molecular weight is 366 g/mol. The molecule has 0 heterocycles. The summed E-state index contributed by atoms with van der Waals surface area (Å²) in [6, 6.07) is 3.29. The molecule has 0 saturated heterocycles. The number of esters is 1. The van der Waals surface area contributed by atoms with E-state index in [1.54, 1.807) is 12.1 Å². The van der Waals surface area contributed by atoms with Crippen LogP contribution in [0.1, 0.15) is 16.8 Å². The molecule has 0 bridgehead atoms. The van der Waals surface area contributed by atoms with Gasteiger partial charge in [-0.2, -0.15) is 0 Å². The summed E-state index contributed by atoms with van der Waals surface area (Å²) < 4.78 is 11.2. The van der Waals surface area contributed by atoms with E-state index in [1.165, 1.54) is 7.11 Å². The third kappa shape index (κ3) is 4.12. The molecule has 92 valence electrons. The van der Waals surface area contributed by atoms with Crippen LogP contribution in [0.15, 0.2) is 21.1 Å². The highest BCUT2D eigenvalue weighted by Gasteiger charge is 2.09. The summed E-state index contributed by atoms with van der Waals surface area (Å²) in [6.07, 6.45) is 0.915. The summed E-state index contributed by atoms with van der Waals surface area (Å²) in [7, 11) is 1.33.